The predicted molar refractivity (Wildman–Crippen MR) is 65.6 cm³/mol. The normalized spacial score (nSPS) is 10.2. The molecule has 0 aliphatic heterocycles. The van der Waals surface area contributed by atoms with Crippen LogP contribution >= 0.6 is 0 Å². The molecule has 2 aromatic rings. The average Bonchev–Trinajstić information content (AvgIpc) is 2.34. The summed E-state index contributed by atoms with van der Waals surface area (Å²) < 4.78 is 15.1. The summed E-state index contributed by atoms with van der Waals surface area (Å²) >= 11 is 0. The van der Waals surface area contributed by atoms with E-state index in [1.54, 1.807) is 30.6 Å². The standard InChI is InChI=1S/C13H13FN2O/c14-12-3-1-2-4-13(12)15-7-10-16-8-5-11(17)6-9-16/h1-6,8-9,15H,7,10H2. The van der Waals surface area contributed by atoms with Crippen LogP contribution in [0, 0.1) is 5.82 Å². The second-order valence-corrected chi connectivity index (χ2v) is 3.68. The molecule has 0 bridgehead atoms. The topological polar surface area (TPSA) is 34.0 Å². The van der Waals surface area contributed by atoms with E-state index in [-0.39, 0.29) is 11.2 Å². The zero-order chi connectivity index (χ0) is 12.1. The SMILES string of the molecule is O=c1ccn(CCNc2ccccc2F)cc1. The molecule has 0 saturated carbocycles. The molecule has 88 valence electrons. The molecule has 0 radical (unpaired) electrons. The summed E-state index contributed by atoms with van der Waals surface area (Å²) in [5, 5.41) is 3.00. The molecule has 1 aromatic heterocycles. The lowest BCUT2D eigenvalue weighted by Gasteiger charge is -2.09. The summed E-state index contributed by atoms with van der Waals surface area (Å²) in [5.74, 6) is -0.257. The average molecular weight is 232 g/mol. The van der Waals surface area contributed by atoms with Gasteiger partial charge in [0.15, 0.2) is 5.43 Å². The smallest absolute Gasteiger partial charge is 0.181 e. The molecule has 0 aliphatic rings. The number of para-hydroxylation sites is 1. The molecule has 0 spiro atoms. The third-order valence-corrected chi connectivity index (χ3v) is 2.42. The van der Waals surface area contributed by atoms with E-state index in [4.69, 9.17) is 0 Å². The van der Waals surface area contributed by atoms with Crippen LogP contribution in [0.25, 0.3) is 0 Å². The van der Waals surface area contributed by atoms with Crippen molar-refractivity contribution in [2.75, 3.05) is 11.9 Å². The highest BCUT2D eigenvalue weighted by molar-refractivity contribution is 5.44. The maximum absolute atomic E-state index is 13.3. The van der Waals surface area contributed by atoms with Gasteiger partial charge in [-0.25, -0.2) is 4.39 Å². The first-order valence-corrected chi connectivity index (χ1v) is 5.40. The molecule has 0 amide bonds. The molecule has 2 rings (SSSR count). The van der Waals surface area contributed by atoms with Crippen LogP contribution in [0.2, 0.25) is 0 Å². The zero-order valence-corrected chi connectivity index (χ0v) is 9.27. The lowest BCUT2D eigenvalue weighted by Crippen LogP contribution is -2.12. The van der Waals surface area contributed by atoms with E-state index >= 15 is 0 Å². The van der Waals surface area contributed by atoms with E-state index in [2.05, 4.69) is 5.32 Å². The fourth-order valence-corrected chi connectivity index (χ4v) is 1.52. The van der Waals surface area contributed by atoms with Crippen LogP contribution in [-0.4, -0.2) is 11.1 Å². The highest BCUT2D eigenvalue weighted by Gasteiger charge is 1.98. The van der Waals surface area contributed by atoms with E-state index in [0.717, 1.165) is 0 Å². The van der Waals surface area contributed by atoms with Crippen LogP contribution in [0.3, 0.4) is 0 Å². The Morgan fingerprint density at radius 3 is 2.53 bits per heavy atom. The first-order chi connectivity index (χ1) is 8.25. The van der Waals surface area contributed by atoms with Gasteiger partial charge >= 0.3 is 0 Å². The molecule has 4 heteroatoms. The van der Waals surface area contributed by atoms with Crippen molar-refractivity contribution in [2.24, 2.45) is 0 Å². The number of hydrogen-bond donors (Lipinski definition) is 1. The van der Waals surface area contributed by atoms with Gasteiger partial charge in [-0.3, -0.25) is 4.79 Å². The fourth-order valence-electron chi connectivity index (χ4n) is 1.52. The Morgan fingerprint density at radius 2 is 1.82 bits per heavy atom. The summed E-state index contributed by atoms with van der Waals surface area (Å²) in [4.78, 5) is 10.9. The number of halogens is 1. The van der Waals surface area contributed by atoms with Gasteiger partial charge in [-0.2, -0.15) is 0 Å². The first-order valence-electron chi connectivity index (χ1n) is 5.40. The van der Waals surface area contributed by atoms with Gasteiger partial charge in [-0.05, 0) is 12.1 Å². The van der Waals surface area contributed by atoms with Crippen LogP contribution in [0.5, 0.6) is 0 Å². The number of aromatic nitrogens is 1. The molecule has 3 nitrogen and oxygen atoms in total. The van der Waals surface area contributed by atoms with Gasteiger partial charge in [0.25, 0.3) is 0 Å². The molecular weight excluding hydrogens is 219 g/mol. The molecule has 0 unspecified atom stereocenters. The Kier molecular flexibility index (Phi) is 3.55. The van der Waals surface area contributed by atoms with Crippen molar-refractivity contribution < 1.29 is 4.39 Å². The summed E-state index contributed by atoms with van der Waals surface area (Å²) in [7, 11) is 0. The Balaban J connectivity index is 1.90. The van der Waals surface area contributed by atoms with E-state index < -0.39 is 0 Å². The molecule has 1 heterocycles. The van der Waals surface area contributed by atoms with Gasteiger partial charge in [0.2, 0.25) is 0 Å². The Labute approximate surface area is 98.5 Å². The number of pyridine rings is 1. The number of anilines is 1. The Hall–Kier alpha value is -2.10. The molecule has 1 aromatic carbocycles. The zero-order valence-electron chi connectivity index (χ0n) is 9.27. The second-order valence-electron chi connectivity index (χ2n) is 3.68. The van der Waals surface area contributed by atoms with Gasteiger partial charge in [-0.15, -0.1) is 0 Å². The summed E-state index contributed by atoms with van der Waals surface area (Å²) in [6, 6.07) is 9.56. The fraction of sp³-hybridized carbons (Fsp3) is 0.154. The maximum atomic E-state index is 13.3. The van der Waals surface area contributed by atoms with Crippen LogP contribution in [0.15, 0.2) is 53.6 Å². The molecule has 0 atom stereocenters. The third kappa shape index (κ3) is 3.17. The van der Waals surface area contributed by atoms with Crippen LogP contribution in [-0.2, 0) is 6.54 Å². The number of benzene rings is 1. The van der Waals surface area contributed by atoms with Crippen molar-refractivity contribution in [1.82, 2.24) is 4.57 Å². The minimum absolute atomic E-state index is 0.0108. The molecule has 17 heavy (non-hydrogen) atoms. The minimum atomic E-state index is -0.257. The van der Waals surface area contributed by atoms with Crippen molar-refractivity contribution in [3.05, 3.63) is 64.8 Å². The highest BCUT2D eigenvalue weighted by atomic mass is 19.1. The van der Waals surface area contributed by atoms with E-state index in [1.807, 2.05) is 4.57 Å². The Bertz CT molecular complexity index is 531. The lowest BCUT2D eigenvalue weighted by molar-refractivity contribution is 0.627. The van der Waals surface area contributed by atoms with E-state index in [1.165, 1.54) is 18.2 Å². The quantitative estimate of drug-likeness (QED) is 0.875. The minimum Gasteiger partial charge on any atom is -0.381 e. The number of nitrogens with zero attached hydrogens (tertiary/aromatic N) is 1. The summed E-state index contributed by atoms with van der Waals surface area (Å²) in [5.41, 5.74) is 0.483. The largest absolute Gasteiger partial charge is 0.381 e. The van der Waals surface area contributed by atoms with Crippen molar-refractivity contribution in [3.63, 3.8) is 0 Å². The van der Waals surface area contributed by atoms with Gasteiger partial charge in [0.1, 0.15) is 5.82 Å². The number of rotatable bonds is 4. The molecule has 0 aliphatic carbocycles. The lowest BCUT2D eigenvalue weighted by atomic mass is 10.3. The number of nitrogens with one attached hydrogen (secondary N) is 1. The van der Waals surface area contributed by atoms with Crippen molar-refractivity contribution >= 4 is 5.69 Å². The van der Waals surface area contributed by atoms with Gasteiger partial charge < -0.3 is 9.88 Å². The summed E-state index contributed by atoms with van der Waals surface area (Å²) in [6.45, 7) is 1.28. The Morgan fingerprint density at radius 1 is 1.12 bits per heavy atom. The van der Waals surface area contributed by atoms with E-state index in [9.17, 15) is 9.18 Å². The maximum Gasteiger partial charge on any atom is 0.181 e. The monoisotopic (exact) mass is 232 g/mol. The number of hydrogen-bond acceptors (Lipinski definition) is 2. The van der Waals surface area contributed by atoms with E-state index in [0.29, 0.717) is 18.8 Å². The van der Waals surface area contributed by atoms with Crippen molar-refractivity contribution in [1.29, 1.82) is 0 Å². The second kappa shape index (κ2) is 5.30. The summed E-state index contributed by atoms with van der Waals surface area (Å²) in [6.07, 6.45) is 3.43. The highest BCUT2D eigenvalue weighted by Crippen LogP contribution is 2.11. The van der Waals surface area contributed by atoms with Gasteiger partial charge in [0, 0.05) is 37.6 Å². The molecule has 0 fully saturated rings. The predicted octanol–water partition coefficient (Wildman–Crippen LogP) is 2.10. The van der Waals surface area contributed by atoms with Crippen molar-refractivity contribution in [3.8, 4) is 0 Å². The molecule has 1 N–H and O–H groups in total. The third-order valence-electron chi connectivity index (χ3n) is 2.42. The van der Waals surface area contributed by atoms with Gasteiger partial charge in [-0.1, -0.05) is 12.1 Å². The van der Waals surface area contributed by atoms with Crippen LogP contribution in [0.4, 0.5) is 10.1 Å². The van der Waals surface area contributed by atoms with Gasteiger partial charge in [0.05, 0.1) is 5.69 Å². The van der Waals surface area contributed by atoms with Crippen LogP contribution < -0.4 is 10.7 Å². The molecular formula is C13H13FN2O. The first kappa shape index (κ1) is 11.4. The molecule has 0 saturated heterocycles. The van der Waals surface area contributed by atoms with Crippen molar-refractivity contribution in [2.45, 2.75) is 6.54 Å². The van der Waals surface area contributed by atoms with Crippen LogP contribution in [0.1, 0.15) is 0 Å².